The van der Waals surface area contributed by atoms with E-state index in [2.05, 4.69) is 0 Å². The van der Waals surface area contributed by atoms with Gasteiger partial charge in [0, 0.05) is 21.2 Å². The second-order valence-corrected chi connectivity index (χ2v) is 4.89. The molecule has 0 fully saturated rings. The van der Waals surface area contributed by atoms with Gasteiger partial charge in [-0.25, -0.2) is 9.18 Å². The highest BCUT2D eigenvalue weighted by molar-refractivity contribution is 6.39. The van der Waals surface area contributed by atoms with Crippen LogP contribution in [0.4, 0.5) is 4.39 Å². The fraction of sp³-hybridized carbons (Fsp3) is 0.0714. The third-order valence-electron chi connectivity index (χ3n) is 2.77. The largest absolute Gasteiger partial charge is 0.479 e. The molecule has 2 aromatic carbocycles. The molecule has 6 heteroatoms. The molecule has 0 saturated carbocycles. The van der Waals surface area contributed by atoms with Gasteiger partial charge in [-0.2, -0.15) is 0 Å². The molecule has 0 amide bonds. The number of hydrogen-bond acceptors (Lipinski definition) is 2. The summed E-state index contributed by atoms with van der Waals surface area (Å²) in [6.45, 7) is 0. The lowest BCUT2D eigenvalue weighted by molar-refractivity contribution is -0.146. The number of hydrogen-bond donors (Lipinski definition) is 2. The fourth-order valence-corrected chi connectivity index (χ4v) is 2.40. The maximum Gasteiger partial charge on any atom is 0.337 e. The summed E-state index contributed by atoms with van der Waals surface area (Å²) in [5.74, 6) is -2.03. The molecule has 2 N–H and O–H groups in total. The average Bonchev–Trinajstić information content (AvgIpc) is 2.39. The molecular formula is C14H9Cl2FO3. The lowest BCUT2D eigenvalue weighted by Gasteiger charge is -2.12. The standard InChI is InChI=1S/C14H9Cl2FO3/c15-9-2-1-3-10(16)12(9)8-6-7(4-5-11(8)17)13(18)14(19)20/h1-6,13,18H,(H,19,20). The van der Waals surface area contributed by atoms with Crippen molar-refractivity contribution in [2.75, 3.05) is 0 Å². The van der Waals surface area contributed by atoms with Gasteiger partial charge in [-0.05, 0) is 29.8 Å². The molecule has 0 aliphatic heterocycles. The molecule has 104 valence electrons. The van der Waals surface area contributed by atoms with E-state index >= 15 is 0 Å². The number of carboxylic acid groups (broad SMARTS) is 1. The van der Waals surface area contributed by atoms with Crippen molar-refractivity contribution in [2.45, 2.75) is 6.10 Å². The Kier molecular flexibility index (Phi) is 4.28. The predicted octanol–water partition coefficient (Wildman–Crippen LogP) is 3.92. The van der Waals surface area contributed by atoms with E-state index < -0.39 is 17.9 Å². The molecule has 0 spiro atoms. The van der Waals surface area contributed by atoms with Crippen molar-refractivity contribution in [2.24, 2.45) is 0 Å². The predicted molar refractivity (Wildman–Crippen MR) is 74.5 cm³/mol. The number of rotatable bonds is 3. The summed E-state index contributed by atoms with van der Waals surface area (Å²) in [6, 6.07) is 8.19. The highest BCUT2D eigenvalue weighted by Gasteiger charge is 2.19. The van der Waals surface area contributed by atoms with Crippen LogP contribution in [0, 0.1) is 5.82 Å². The smallest absolute Gasteiger partial charge is 0.337 e. The summed E-state index contributed by atoms with van der Waals surface area (Å²) in [5, 5.41) is 18.8. The Hall–Kier alpha value is -1.62. The van der Waals surface area contributed by atoms with Crippen molar-refractivity contribution in [3.8, 4) is 11.1 Å². The van der Waals surface area contributed by atoms with Gasteiger partial charge in [0.1, 0.15) is 5.82 Å². The molecule has 20 heavy (non-hydrogen) atoms. The molecule has 1 unspecified atom stereocenters. The van der Waals surface area contributed by atoms with Crippen molar-refractivity contribution in [3.63, 3.8) is 0 Å². The number of carbonyl (C=O) groups is 1. The van der Waals surface area contributed by atoms with Crippen LogP contribution in [0.5, 0.6) is 0 Å². The lowest BCUT2D eigenvalue weighted by atomic mass is 10.00. The van der Waals surface area contributed by atoms with E-state index in [0.717, 1.165) is 6.07 Å². The van der Waals surface area contributed by atoms with Crippen LogP contribution >= 0.6 is 23.2 Å². The Morgan fingerprint density at radius 3 is 2.30 bits per heavy atom. The molecule has 2 rings (SSSR count). The van der Waals surface area contributed by atoms with E-state index in [-0.39, 0.29) is 26.7 Å². The molecule has 1 atom stereocenters. The van der Waals surface area contributed by atoms with E-state index in [9.17, 15) is 14.3 Å². The van der Waals surface area contributed by atoms with Crippen LogP contribution in [0.1, 0.15) is 11.7 Å². The van der Waals surface area contributed by atoms with Crippen LogP contribution in [0.3, 0.4) is 0 Å². The molecule has 0 heterocycles. The monoisotopic (exact) mass is 314 g/mol. The number of aliphatic carboxylic acids is 1. The van der Waals surface area contributed by atoms with Gasteiger partial charge in [0.15, 0.2) is 6.10 Å². The number of aliphatic hydroxyl groups excluding tert-OH is 1. The van der Waals surface area contributed by atoms with E-state index in [1.165, 1.54) is 12.1 Å². The van der Waals surface area contributed by atoms with Crippen molar-refractivity contribution in [3.05, 3.63) is 57.8 Å². The van der Waals surface area contributed by atoms with Gasteiger partial charge in [0.05, 0.1) is 0 Å². The van der Waals surface area contributed by atoms with Gasteiger partial charge in [-0.15, -0.1) is 0 Å². The van der Waals surface area contributed by atoms with E-state index in [1.54, 1.807) is 18.2 Å². The highest BCUT2D eigenvalue weighted by Crippen LogP contribution is 2.37. The first-order chi connectivity index (χ1) is 9.41. The molecule has 0 aliphatic rings. The third-order valence-corrected chi connectivity index (χ3v) is 3.40. The minimum atomic E-state index is -1.74. The Morgan fingerprint density at radius 2 is 1.75 bits per heavy atom. The normalized spacial score (nSPS) is 12.2. The first kappa shape index (κ1) is 14.8. The number of carboxylic acids is 1. The van der Waals surface area contributed by atoms with E-state index in [1.807, 2.05) is 0 Å². The zero-order chi connectivity index (χ0) is 14.9. The summed E-state index contributed by atoms with van der Waals surface area (Å²) < 4.78 is 13.9. The van der Waals surface area contributed by atoms with Gasteiger partial charge in [0.25, 0.3) is 0 Å². The first-order valence-electron chi connectivity index (χ1n) is 5.56. The zero-order valence-corrected chi connectivity index (χ0v) is 11.5. The van der Waals surface area contributed by atoms with Gasteiger partial charge in [0.2, 0.25) is 0 Å². The third kappa shape index (κ3) is 2.77. The summed E-state index contributed by atoms with van der Waals surface area (Å²) in [5.41, 5.74) is 0.344. The average molecular weight is 315 g/mol. The molecular weight excluding hydrogens is 306 g/mol. The van der Waals surface area contributed by atoms with Crippen LogP contribution in [0.2, 0.25) is 10.0 Å². The molecule has 0 radical (unpaired) electrons. The van der Waals surface area contributed by atoms with Gasteiger partial charge in [-0.1, -0.05) is 35.3 Å². The van der Waals surface area contributed by atoms with E-state index in [0.29, 0.717) is 0 Å². The minimum absolute atomic E-state index is 0.0402. The van der Waals surface area contributed by atoms with Crippen LogP contribution in [-0.2, 0) is 4.79 Å². The molecule has 3 nitrogen and oxygen atoms in total. The summed E-state index contributed by atoms with van der Waals surface area (Å²) in [6.07, 6.45) is -1.74. The van der Waals surface area contributed by atoms with Crippen LogP contribution in [0.15, 0.2) is 36.4 Å². The van der Waals surface area contributed by atoms with Crippen molar-refractivity contribution >= 4 is 29.2 Å². The summed E-state index contributed by atoms with van der Waals surface area (Å²) in [4.78, 5) is 10.8. The zero-order valence-electron chi connectivity index (χ0n) is 9.98. The Labute approximate surface area is 124 Å². The lowest BCUT2D eigenvalue weighted by Crippen LogP contribution is -2.10. The quantitative estimate of drug-likeness (QED) is 0.902. The Morgan fingerprint density at radius 1 is 1.15 bits per heavy atom. The molecule has 0 aliphatic carbocycles. The molecule has 0 aromatic heterocycles. The maximum absolute atomic E-state index is 13.9. The molecule has 0 bridgehead atoms. The van der Waals surface area contributed by atoms with Gasteiger partial charge < -0.3 is 10.2 Å². The van der Waals surface area contributed by atoms with Crippen LogP contribution < -0.4 is 0 Å². The summed E-state index contributed by atoms with van der Waals surface area (Å²) in [7, 11) is 0. The van der Waals surface area contributed by atoms with Gasteiger partial charge >= 0.3 is 5.97 Å². The van der Waals surface area contributed by atoms with Crippen molar-refractivity contribution in [1.29, 1.82) is 0 Å². The molecule has 0 saturated heterocycles. The maximum atomic E-state index is 13.9. The second kappa shape index (κ2) is 5.79. The first-order valence-corrected chi connectivity index (χ1v) is 6.32. The summed E-state index contributed by atoms with van der Waals surface area (Å²) >= 11 is 12.0. The minimum Gasteiger partial charge on any atom is -0.479 e. The highest BCUT2D eigenvalue weighted by atomic mass is 35.5. The Bertz CT molecular complexity index is 653. The SMILES string of the molecule is O=C(O)C(O)c1ccc(F)c(-c2c(Cl)cccc2Cl)c1. The number of aliphatic hydroxyl groups is 1. The number of benzene rings is 2. The van der Waals surface area contributed by atoms with Crippen LogP contribution in [-0.4, -0.2) is 16.2 Å². The second-order valence-electron chi connectivity index (χ2n) is 4.08. The topological polar surface area (TPSA) is 57.5 Å². The van der Waals surface area contributed by atoms with Crippen molar-refractivity contribution in [1.82, 2.24) is 0 Å². The van der Waals surface area contributed by atoms with Gasteiger partial charge in [-0.3, -0.25) is 0 Å². The Balaban J connectivity index is 2.62. The van der Waals surface area contributed by atoms with Crippen molar-refractivity contribution < 1.29 is 19.4 Å². The fourth-order valence-electron chi connectivity index (χ4n) is 1.80. The van der Waals surface area contributed by atoms with Crippen LogP contribution in [0.25, 0.3) is 11.1 Å². The molecule has 2 aromatic rings. The van der Waals surface area contributed by atoms with E-state index in [4.69, 9.17) is 28.3 Å². The number of halogens is 3.